The molecule has 17 heteroatoms. The van der Waals surface area contributed by atoms with E-state index in [0.717, 1.165) is 51.4 Å². The second kappa shape index (κ2) is 18.4. The van der Waals surface area contributed by atoms with Gasteiger partial charge in [0.2, 0.25) is 0 Å². The van der Waals surface area contributed by atoms with Crippen LogP contribution in [0.25, 0.3) is 0 Å². The highest BCUT2D eigenvalue weighted by Crippen LogP contribution is 2.77. The summed E-state index contributed by atoms with van der Waals surface area (Å²) in [5.74, 6) is -6.62. The van der Waals surface area contributed by atoms with Gasteiger partial charge in [-0.25, -0.2) is 18.0 Å². The Morgan fingerprint density at radius 2 is 0.963 bits per heavy atom. The van der Waals surface area contributed by atoms with Crippen LogP contribution >= 0.6 is 0 Å². The van der Waals surface area contributed by atoms with Crippen LogP contribution in [0.5, 0.6) is 0 Å². The number of carbonyl (C=O) groups excluding carboxylic acids is 3. The van der Waals surface area contributed by atoms with E-state index in [4.69, 9.17) is 14.2 Å². The van der Waals surface area contributed by atoms with E-state index in [2.05, 4.69) is 13.8 Å². The van der Waals surface area contributed by atoms with Crippen molar-refractivity contribution in [3.63, 3.8) is 0 Å². The van der Waals surface area contributed by atoms with Crippen LogP contribution in [0.2, 0.25) is 0 Å². The lowest BCUT2D eigenvalue weighted by atomic mass is 9.50. The highest BCUT2D eigenvalue weighted by molar-refractivity contribution is 5.83. The van der Waals surface area contributed by atoms with Crippen LogP contribution in [0.1, 0.15) is 197 Å². The lowest BCUT2D eigenvalue weighted by Crippen LogP contribution is -2.68. The lowest BCUT2D eigenvalue weighted by Gasteiger charge is -2.62. The van der Waals surface area contributed by atoms with Crippen molar-refractivity contribution in [1.82, 2.24) is 0 Å². The number of fused-ring (bicyclic) bond motifs is 13. The molecule has 0 radical (unpaired) electrons. The van der Waals surface area contributed by atoms with Gasteiger partial charge in [-0.05, 0) is 242 Å². The molecule has 0 aromatic heterocycles. The fourth-order valence-corrected chi connectivity index (χ4v) is 24.9. The number of hydrogen-bond acceptors (Lipinski definition) is 8. The first-order valence-corrected chi connectivity index (χ1v) is 32.3. The number of aliphatic hydroxyl groups is 2. The smallest absolute Gasteiger partial charge is 0.405 e. The largest absolute Gasteiger partial charge is 0.459 e. The molecule has 17 aliphatic rings. The minimum absolute atomic E-state index is 0.00949. The number of ether oxygens (including phenoxy) is 3. The van der Waals surface area contributed by atoms with Crippen LogP contribution in [0, 0.1) is 135 Å². The molecule has 17 saturated carbocycles. The van der Waals surface area contributed by atoms with Gasteiger partial charge in [-0.1, -0.05) is 48.0 Å². The zero-order valence-corrected chi connectivity index (χ0v) is 49.4. The van der Waals surface area contributed by atoms with Crippen molar-refractivity contribution in [1.29, 1.82) is 0 Å². The maximum Gasteiger partial charge on any atom is 0.405 e. The average Bonchev–Trinajstić information content (AvgIpc) is 1.55. The van der Waals surface area contributed by atoms with Crippen molar-refractivity contribution in [3.8, 4) is 0 Å². The summed E-state index contributed by atoms with van der Waals surface area (Å²) >= 11 is 0. The van der Waals surface area contributed by atoms with Crippen LogP contribution in [0.3, 0.4) is 0 Å². The molecule has 0 saturated heterocycles. The van der Waals surface area contributed by atoms with Gasteiger partial charge in [-0.2, -0.15) is 26.3 Å². The fourth-order valence-electron chi connectivity index (χ4n) is 24.9. The maximum atomic E-state index is 15.7. The SMILES string of the molecule is CC1C(C)C2CC1C(F)(F)C2(F)C(=O)OC12CC3CC(O)(CC(O)(C3)C1)C2.CC1C(C)C2CC1C1C3CC(C21)C(C(=O)OC1(C)C2CC4CC(C2)CC1C4)(C(F)(F)F)C3.CC1C2CC(C1C)C(C(=O)OC1(C)CCCCC1)(C(F)(F)F)C2. The topological polar surface area (TPSA) is 119 Å². The van der Waals surface area contributed by atoms with Crippen molar-refractivity contribution < 1.29 is 78.3 Å². The van der Waals surface area contributed by atoms with Crippen molar-refractivity contribution in [2.24, 2.45) is 135 Å². The Morgan fingerprint density at radius 3 is 1.49 bits per heavy atom. The van der Waals surface area contributed by atoms with E-state index >= 15 is 4.39 Å². The summed E-state index contributed by atoms with van der Waals surface area (Å²) in [6.45, 7) is 15.6. The minimum atomic E-state index is -4.52. The van der Waals surface area contributed by atoms with E-state index in [1.165, 1.54) is 6.42 Å². The van der Waals surface area contributed by atoms with E-state index in [0.29, 0.717) is 86.4 Å². The van der Waals surface area contributed by atoms with Gasteiger partial charge in [0, 0.05) is 31.1 Å². The molecular weight excluding hydrogens is 1080 g/mol. The summed E-state index contributed by atoms with van der Waals surface area (Å²) in [5.41, 5.74) is -12.9. The Bertz CT molecular complexity index is 2530. The van der Waals surface area contributed by atoms with E-state index in [1.54, 1.807) is 20.8 Å². The molecule has 0 aromatic carbocycles. The van der Waals surface area contributed by atoms with Crippen LogP contribution < -0.4 is 0 Å². The summed E-state index contributed by atoms with van der Waals surface area (Å²) in [6, 6.07) is 0. The zero-order chi connectivity index (χ0) is 59.0. The van der Waals surface area contributed by atoms with E-state index < -0.39 is 104 Å². The van der Waals surface area contributed by atoms with Gasteiger partial charge in [0.25, 0.3) is 11.6 Å². The molecule has 17 aliphatic carbocycles. The van der Waals surface area contributed by atoms with Crippen molar-refractivity contribution in [2.75, 3.05) is 0 Å². The molecular formula is C65H91F9O8. The summed E-state index contributed by atoms with van der Waals surface area (Å²) in [5, 5.41) is 21.5. The molecule has 17 rings (SSSR count). The third-order valence-electron chi connectivity index (χ3n) is 28.6. The number of halogens is 9. The third kappa shape index (κ3) is 8.02. The Balaban J connectivity index is 0.000000117. The number of carbonyl (C=O) groups is 3. The van der Waals surface area contributed by atoms with Gasteiger partial charge in [-0.15, -0.1) is 0 Å². The van der Waals surface area contributed by atoms with Crippen LogP contribution in [0.4, 0.5) is 39.5 Å². The molecule has 0 aliphatic heterocycles. The van der Waals surface area contributed by atoms with Crippen molar-refractivity contribution >= 4 is 17.9 Å². The molecule has 8 nitrogen and oxygen atoms in total. The summed E-state index contributed by atoms with van der Waals surface area (Å²) in [6.07, 6.45) is 4.47. The Labute approximate surface area is 478 Å². The van der Waals surface area contributed by atoms with Gasteiger partial charge in [0.05, 0.1) is 11.2 Å². The molecule has 2 N–H and O–H groups in total. The Kier molecular flexibility index (Phi) is 13.2. The number of alkyl halides is 9. The molecule has 0 heterocycles. The second-order valence-electron chi connectivity index (χ2n) is 32.5. The van der Waals surface area contributed by atoms with Gasteiger partial charge in [0.15, 0.2) is 10.8 Å². The van der Waals surface area contributed by atoms with Crippen molar-refractivity contribution in [3.05, 3.63) is 0 Å². The average molecular weight is 1170 g/mol. The van der Waals surface area contributed by atoms with Crippen LogP contribution in [-0.2, 0) is 28.6 Å². The Morgan fingerprint density at radius 1 is 0.463 bits per heavy atom. The standard InChI is InChI=1S/C27H37F3O2.C20H27F3O4.C18H27F3O2/c1-12-13(2)20-10-19(12)22-16-9-21(23(20)22)26(11-16,27(28,29)30)24(31)32-25(3)17-5-14-4-15(7-17)8-18(25)6-14;1-10-11(2)14-3-13(10)19(21,20(14,22)23)15(24)27-18-6-12-4-16(25,8-18)7-17(26,5-12)9-18;1-11-12(2)14-9-13(11)10-17(14,18(19,20)21)15(22)23-16(3)7-5-4-6-8-16/h12-23H,4-11H2,1-3H3;10-14,25-26H,3-9H2,1-2H3;11-14H,4-10H2,1-3H3. The van der Waals surface area contributed by atoms with E-state index in [9.17, 15) is 59.7 Å². The minimum Gasteiger partial charge on any atom is -0.459 e. The molecule has 82 heavy (non-hydrogen) atoms. The van der Waals surface area contributed by atoms with Gasteiger partial charge < -0.3 is 24.4 Å². The zero-order valence-electron chi connectivity index (χ0n) is 49.4. The monoisotopic (exact) mass is 1170 g/mol. The lowest BCUT2D eigenvalue weighted by molar-refractivity contribution is -0.275. The molecule has 17 fully saturated rings. The first kappa shape index (κ1) is 58.7. The van der Waals surface area contributed by atoms with Gasteiger partial charge >= 0.3 is 30.3 Å². The molecule has 0 amide bonds. The number of rotatable bonds is 6. The summed E-state index contributed by atoms with van der Waals surface area (Å²) in [4.78, 5) is 39.5. The predicted octanol–water partition coefficient (Wildman–Crippen LogP) is 14.6. The molecule has 21 unspecified atom stereocenters. The van der Waals surface area contributed by atoms with Crippen molar-refractivity contribution in [2.45, 2.75) is 249 Å². The van der Waals surface area contributed by atoms with Gasteiger partial charge in [-0.3, -0.25) is 9.59 Å². The summed E-state index contributed by atoms with van der Waals surface area (Å²) in [7, 11) is 0. The normalized spacial score (nSPS) is 55.7. The number of esters is 3. The fraction of sp³-hybridized carbons (Fsp3) is 0.954. The predicted molar refractivity (Wildman–Crippen MR) is 282 cm³/mol. The number of hydrogen-bond donors (Lipinski definition) is 2. The molecule has 21 atom stereocenters. The van der Waals surface area contributed by atoms with Gasteiger partial charge in [0.1, 0.15) is 16.8 Å². The quantitative estimate of drug-likeness (QED) is 0.117. The first-order valence-electron chi connectivity index (χ1n) is 32.3. The van der Waals surface area contributed by atoms with E-state index in [-0.39, 0.29) is 97.7 Å². The third-order valence-corrected chi connectivity index (χ3v) is 28.6. The summed E-state index contributed by atoms with van der Waals surface area (Å²) < 4.78 is 150. The highest BCUT2D eigenvalue weighted by Gasteiger charge is 2.82. The van der Waals surface area contributed by atoms with Crippen LogP contribution in [-0.4, -0.2) is 80.1 Å². The highest BCUT2D eigenvalue weighted by atomic mass is 19.4. The second-order valence-corrected chi connectivity index (χ2v) is 32.5. The van der Waals surface area contributed by atoms with Crippen LogP contribution in [0.15, 0.2) is 0 Å². The Hall–Kier alpha value is -2.30. The maximum absolute atomic E-state index is 15.7. The molecule has 16 bridgehead atoms. The van der Waals surface area contributed by atoms with E-state index in [1.807, 2.05) is 20.8 Å². The first-order chi connectivity index (χ1) is 38.0. The molecule has 0 aromatic rings. The molecule has 0 spiro atoms. The molecule has 462 valence electrons.